The highest BCUT2D eigenvalue weighted by Crippen LogP contribution is 2.21. The molecule has 0 spiro atoms. The first-order chi connectivity index (χ1) is 14.2. The number of morpholine rings is 1. The zero-order valence-electron chi connectivity index (χ0n) is 16.9. The molecule has 0 bridgehead atoms. The number of ether oxygens (including phenoxy) is 2. The molecule has 1 heterocycles. The lowest BCUT2D eigenvalue weighted by atomic mass is 10.1. The number of rotatable bonds is 8. The van der Waals surface area contributed by atoms with Crippen LogP contribution in [0.3, 0.4) is 0 Å². The Labute approximate surface area is 171 Å². The van der Waals surface area contributed by atoms with Crippen LogP contribution in [0, 0.1) is 0 Å². The summed E-state index contributed by atoms with van der Waals surface area (Å²) in [6.07, 6.45) is 3.19. The van der Waals surface area contributed by atoms with Crippen molar-refractivity contribution in [3.8, 4) is 5.75 Å². The van der Waals surface area contributed by atoms with E-state index in [4.69, 9.17) is 9.47 Å². The van der Waals surface area contributed by atoms with Gasteiger partial charge in [0, 0.05) is 24.3 Å². The van der Waals surface area contributed by atoms with Crippen LogP contribution >= 0.6 is 0 Å². The van der Waals surface area contributed by atoms with E-state index >= 15 is 0 Å². The summed E-state index contributed by atoms with van der Waals surface area (Å²) >= 11 is 0. The summed E-state index contributed by atoms with van der Waals surface area (Å²) in [7, 11) is 0. The third-order valence-electron chi connectivity index (χ3n) is 4.83. The average molecular weight is 396 g/mol. The smallest absolute Gasteiger partial charge is 0.259 e. The fourth-order valence-electron chi connectivity index (χ4n) is 3.16. The van der Waals surface area contributed by atoms with E-state index in [1.807, 2.05) is 18.2 Å². The number of unbranched alkanes of at least 4 members (excludes halogenated alkanes) is 2. The molecule has 0 saturated carbocycles. The summed E-state index contributed by atoms with van der Waals surface area (Å²) in [5, 5.41) is 2.88. The highest BCUT2D eigenvalue weighted by molar-refractivity contribution is 6.06. The first-order valence-electron chi connectivity index (χ1n) is 10.2. The summed E-state index contributed by atoms with van der Waals surface area (Å²) in [6.45, 7) is 5.08. The van der Waals surface area contributed by atoms with Crippen molar-refractivity contribution in [2.45, 2.75) is 26.2 Å². The number of hydrogen-bond acceptors (Lipinski definition) is 4. The molecular weight excluding hydrogens is 368 g/mol. The largest absolute Gasteiger partial charge is 0.493 e. The number of hydrogen-bond donors (Lipinski definition) is 1. The lowest BCUT2D eigenvalue weighted by Crippen LogP contribution is -2.40. The second-order valence-corrected chi connectivity index (χ2v) is 6.99. The summed E-state index contributed by atoms with van der Waals surface area (Å²) in [4.78, 5) is 27.0. The van der Waals surface area contributed by atoms with E-state index < -0.39 is 0 Å². The topological polar surface area (TPSA) is 67.9 Å². The molecule has 0 aliphatic carbocycles. The molecule has 0 atom stereocenters. The zero-order valence-corrected chi connectivity index (χ0v) is 16.9. The number of anilines is 1. The lowest BCUT2D eigenvalue weighted by molar-refractivity contribution is 0.0303. The summed E-state index contributed by atoms with van der Waals surface area (Å²) in [5.74, 6) is 0.334. The van der Waals surface area contributed by atoms with Crippen molar-refractivity contribution in [1.82, 2.24) is 4.90 Å². The van der Waals surface area contributed by atoms with Gasteiger partial charge in [-0.1, -0.05) is 31.9 Å². The Hall–Kier alpha value is -2.86. The molecule has 1 fully saturated rings. The van der Waals surface area contributed by atoms with E-state index in [9.17, 15) is 9.59 Å². The quantitative estimate of drug-likeness (QED) is 0.686. The van der Waals surface area contributed by atoms with E-state index in [1.165, 1.54) is 0 Å². The minimum Gasteiger partial charge on any atom is -0.493 e. The highest BCUT2D eigenvalue weighted by Gasteiger charge is 2.18. The molecule has 0 radical (unpaired) electrons. The van der Waals surface area contributed by atoms with Gasteiger partial charge in [0.15, 0.2) is 0 Å². The van der Waals surface area contributed by atoms with Gasteiger partial charge in [-0.3, -0.25) is 9.59 Å². The van der Waals surface area contributed by atoms with Crippen LogP contribution in [0.1, 0.15) is 46.9 Å². The standard InChI is InChI=1S/C23H28N2O4/c1-2-3-6-15-29-21-8-5-4-7-20(21)22(26)24-19-11-9-18(10-12-19)23(27)25-13-16-28-17-14-25/h4-5,7-12H,2-3,6,13-17H2,1H3,(H,24,26). The van der Waals surface area contributed by atoms with Crippen molar-refractivity contribution in [3.05, 3.63) is 59.7 Å². The van der Waals surface area contributed by atoms with Gasteiger partial charge in [0.2, 0.25) is 0 Å². The second-order valence-electron chi connectivity index (χ2n) is 6.99. The Bertz CT molecular complexity index is 814. The van der Waals surface area contributed by atoms with Gasteiger partial charge in [-0.25, -0.2) is 0 Å². The van der Waals surface area contributed by atoms with Crippen LogP contribution in [0.5, 0.6) is 5.75 Å². The summed E-state index contributed by atoms with van der Waals surface area (Å²) in [5.41, 5.74) is 1.73. The molecule has 0 aromatic heterocycles. The van der Waals surface area contributed by atoms with Crippen molar-refractivity contribution >= 4 is 17.5 Å². The van der Waals surface area contributed by atoms with Crippen LogP contribution in [-0.2, 0) is 4.74 Å². The van der Waals surface area contributed by atoms with Gasteiger partial charge in [-0.2, -0.15) is 0 Å². The molecule has 3 rings (SSSR count). The molecule has 0 unspecified atom stereocenters. The van der Waals surface area contributed by atoms with Gasteiger partial charge in [0.1, 0.15) is 5.75 Å². The van der Waals surface area contributed by atoms with Crippen molar-refractivity contribution in [2.75, 3.05) is 38.2 Å². The number of nitrogens with zero attached hydrogens (tertiary/aromatic N) is 1. The summed E-state index contributed by atoms with van der Waals surface area (Å²) in [6, 6.07) is 14.2. The Morgan fingerprint density at radius 3 is 2.48 bits per heavy atom. The van der Waals surface area contributed by atoms with E-state index in [2.05, 4.69) is 12.2 Å². The molecule has 1 aliphatic heterocycles. The van der Waals surface area contributed by atoms with Gasteiger partial charge in [0.05, 0.1) is 25.4 Å². The predicted molar refractivity (Wildman–Crippen MR) is 113 cm³/mol. The third-order valence-corrected chi connectivity index (χ3v) is 4.83. The van der Waals surface area contributed by atoms with Crippen LogP contribution in [0.25, 0.3) is 0 Å². The fourth-order valence-corrected chi connectivity index (χ4v) is 3.16. The van der Waals surface area contributed by atoms with Gasteiger partial charge in [0.25, 0.3) is 11.8 Å². The first kappa shape index (κ1) is 20.9. The van der Waals surface area contributed by atoms with Crippen molar-refractivity contribution in [2.24, 2.45) is 0 Å². The van der Waals surface area contributed by atoms with Crippen molar-refractivity contribution in [1.29, 1.82) is 0 Å². The molecule has 2 amide bonds. The van der Waals surface area contributed by atoms with Crippen molar-refractivity contribution < 1.29 is 19.1 Å². The molecule has 1 aliphatic rings. The van der Waals surface area contributed by atoms with Gasteiger partial charge in [-0.05, 0) is 42.8 Å². The molecular formula is C23H28N2O4. The Kier molecular flexibility index (Phi) is 7.64. The Morgan fingerprint density at radius 1 is 1.03 bits per heavy atom. The first-order valence-corrected chi connectivity index (χ1v) is 10.2. The normalized spacial score (nSPS) is 13.8. The number of para-hydroxylation sites is 1. The number of benzene rings is 2. The molecule has 29 heavy (non-hydrogen) atoms. The second kappa shape index (κ2) is 10.6. The number of amides is 2. The SMILES string of the molecule is CCCCCOc1ccccc1C(=O)Nc1ccc(C(=O)N2CCOCC2)cc1. The zero-order chi connectivity index (χ0) is 20.5. The van der Waals surface area contributed by atoms with Crippen molar-refractivity contribution in [3.63, 3.8) is 0 Å². The maximum absolute atomic E-state index is 12.7. The molecule has 2 aromatic carbocycles. The van der Waals surface area contributed by atoms with Crippen LogP contribution in [0.15, 0.2) is 48.5 Å². The lowest BCUT2D eigenvalue weighted by Gasteiger charge is -2.26. The molecule has 1 N–H and O–H groups in total. The van der Waals surface area contributed by atoms with Crippen LogP contribution in [0.4, 0.5) is 5.69 Å². The minimum atomic E-state index is -0.233. The van der Waals surface area contributed by atoms with Crippen LogP contribution in [-0.4, -0.2) is 49.6 Å². The predicted octanol–water partition coefficient (Wildman–Crippen LogP) is 3.98. The van der Waals surface area contributed by atoms with Gasteiger partial charge in [-0.15, -0.1) is 0 Å². The number of carbonyl (C=O) groups is 2. The van der Waals surface area contributed by atoms with Gasteiger partial charge < -0.3 is 19.7 Å². The fraction of sp³-hybridized carbons (Fsp3) is 0.391. The number of nitrogens with one attached hydrogen (secondary N) is 1. The maximum Gasteiger partial charge on any atom is 0.259 e. The Balaban J connectivity index is 1.61. The molecule has 1 saturated heterocycles. The average Bonchev–Trinajstić information content (AvgIpc) is 2.77. The third kappa shape index (κ3) is 5.81. The minimum absolute atomic E-state index is 0.0167. The van der Waals surface area contributed by atoms with E-state index in [0.717, 1.165) is 19.3 Å². The van der Waals surface area contributed by atoms with Gasteiger partial charge >= 0.3 is 0 Å². The molecule has 2 aromatic rings. The van der Waals surface area contributed by atoms with E-state index in [-0.39, 0.29) is 11.8 Å². The molecule has 6 heteroatoms. The summed E-state index contributed by atoms with van der Waals surface area (Å²) < 4.78 is 11.1. The highest BCUT2D eigenvalue weighted by atomic mass is 16.5. The number of carbonyl (C=O) groups excluding carboxylic acids is 2. The monoisotopic (exact) mass is 396 g/mol. The maximum atomic E-state index is 12.7. The van der Waals surface area contributed by atoms with Crippen LogP contribution in [0.2, 0.25) is 0 Å². The Morgan fingerprint density at radius 2 is 1.76 bits per heavy atom. The van der Waals surface area contributed by atoms with Crippen LogP contribution < -0.4 is 10.1 Å². The molecule has 6 nitrogen and oxygen atoms in total. The van der Waals surface area contributed by atoms with E-state index in [1.54, 1.807) is 35.2 Å². The van der Waals surface area contributed by atoms with E-state index in [0.29, 0.717) is 55.5 Å². The molecule has 154 valence electrons.